The first kappa shape index (κ1) is 14.5. The van der Waals surface area contributed by atoms with Gasteiger partial charge in [-0.05, 0) is 23.8 Å². The summed E-state index contributed by atoms with van der Waals surface area (Å²) in [5.74, 6) is 0. The van der Waals surface area contributed by atoms with Gasteiger partial charge in [0, 0.05) is 19.1 Å². The summed E-state index contributed by atoms with van der Waals surface area (Å²) >= 11 is 5.70. The van der Waals surface area contributed by atoms with Crippen molar-refractivity contribution in [1.29, 1.82) is 0 Å². The van der Waals surface area contributed by atoms with E-state index in [1.807, 2.05) is 4.72 Å². The summed E-state index contributed by atoms with van der Waals surface area (Å²) in [7, 11) is -0.885. The van der Waals surface area contributed by atoms with E-state index in [1.165, 1.54) is 20.2 Å². The van der Waals surface area contributed by atoms with Gasteiger partial charge in [-0.25, -0.2) is 17.9 Å². The van der Waals surface area contributed by atoms with Gasteiger partial charge < -0.3 is 4.90 Å². The van der Waals surface area contributed by atoms with E-state index in [1.54, 1.807) is 24.3 Å². The summed E-state index contributed by atoms with van der Waals surface area (Å²) in [6.07, 6.45) is 1.38. The molecule has 98 valence electrons. The van der Waals surface area contributed by atoms with Gasteiger partial charge in [0.2, 0.25) is 0 Å². The van der Waals surface area contributed by atoms with E-state index >= 15 is 0 Å². The van der Waals surface area contributed by atoms with Crippen molar-refractivity contribution in [2.24, 2.45) is 0 Å². The van der Waals surface area contributed by atoms with Gasteiger partial charge in [-0.3, -0.25) is 0 Å². The molecular formula is C11H13ClN2O3S. The lowest BCUT2D eigenvalue weighted by atomic mass is 10.2. The Hall–Kier alpha value is -1.53. The third-order valence-electron chi connectivity index (χ3n) is 1.95. The molecule has 5 nitrogen and oxygen atoms in total. The summed E-state index contributed by atoms with van der Waals surface area (Å²) in [6, 6.07) is 5.93. The fourth-order valence-corrected chi connectivity index (χ4v) is 1.95. The number of hydrogen-bond donors (Lipinski definition) is 1. The highest BCUT2D eigenvalue weighted by Gasteiger charge is 2.11. The smallest absolute Gasteiger partial charge is 0.330 e. The molecular weight excluding hydrogens is 276 g/mol. The van der Waals surface area contributed by atoms with Crippen LogP contribution in [0.25, 0.3) is 6.08 Å². The van der Waals surface area contributed by atoms with Crippen LogP contribution in [0.5, 0.6) is 0 Å². The van der Waals surface area contributed by atoms with E-state index in [2.05, 4.69) is 0 Å². The number of carbonyl (C=O) groups excluding carboxylic acids is 1. The monoisotopic (exact) mass is 288 g/mol. The highest BCUT2D eigenvalue weighted by atomic mass is 35.5. The van der Waals surface area contributed by atoms with Crippen molar-refractivity contribution in [3.8, 4) is 0 Å². The van der Waals surface area contributed by atoms with Crippen LogP contribution in [0.1, 0.15) is 5.56 Å². The molecule has 0 bridgehead atoms. The molecule has 0 aliphatic carbocycles. The van der Waals surface area contributed by atoms with E-state index in [0.717, 1.165) is 10.3 Å². The molecule has 1 rings (SSSR count). The van der Waals surface area contributed by atoms with Crippen LogP contribution in [0.3, 0.4) is 0 Å². The lowest BCUT2D eigenvalue weighted by Crippen LogP contribution is -2.37. The molecule has 0 atom stereocenters. The largest absolute Gasteiger partial charge is 0.330 e. The maximum atomic E-state index is 11.5. The van der Waals surface area contributed by atoms with Crippen molar-refractivity contribution < 1.29 is 13.2 Å². The minimum Gasteiger partial charge on any atom is -0.330 e. The number of sulfonamides is 1. The predicted molar refractivity (Wildman–Crippen MR) is 71.6 cm³/mol. The highest BCUT2D eigenvalue weighted by molar-refractivity contribution is 7.93. The molecule has 1 aromatic rings. The summed E-state index contributed by atoms with van der Waals surface area (Å²) < 4.78 is 24.9. The Morgan fingerprint density at radius 1 is 1.28 bits per heavy atom. The number of amides is 2. The molecule has 1 aromatic carbocycles. The molecule has 0 aromatic heterocycles. The van der Waals surface area contributed by atoms with Crippen LogP contribution in [0.4, 0.5) is 4.79 Å². The zero-order chi connectivity index (χ0) is 13.8. The number of benzene rings is 1. The van der Waals surface area contributed by atoms with Gasteiger partial charge in [0.05, 0.1) is 5.41 Å². The maximum Gasteiger partial charge on any atom is 0.330 e. The minimum atomic E-state index is -3.79. The van der Waals surface area contributed by atoms with E-state index in [0.29, 0.717) is 10.6 Å². The van der Waals surface area contributed by atoms with Crippen molar-refractivity contribution in [1.82, 2.24) is 9.62 Å². The summed E-state index contributed by atoms with van der Waals surface area (Å²) in [5, 5.41) is 1.49. The lowest BCUT2D eigenvalue weighted by Gasteiger charge is -2.10. The summed E-state index contributed by atoms with van der Waals surface area (Å²) in [4.78, 5) is 12.3. The Labute approximate surface area is 111 Å². The first-order valence-electron chi connectivity index (χ1n) is 4.98. The SMILES string of the molecule is CN(C)C(=O)NS(=O)(=O)/C=C/c1ccc(Cl)cc1. The van der Waals surface area contributed by atoms with Crippen LogP contribution in [0.15, 0.2) is 29.7 Å². The van der Waals surface area contributed by atoms with Gasteiger partial charge in [0.15, 0.2) is 0 Å². The Kier molecular flexibility index (Phi) is 4.75. The van der Waals surface area contributed by atoms with Crippen LogP contribution in [-0.4, -0.2) is 33.4 Å². The molecule has 0 heterocycles. The lowest BCUT2D eigenvalue weighted by molar-refractivity contribution is 0.223. The quantitative estimate of drug-likeness (QED) is 0.924. The second kappa shape index (κ2) is 5.88. The molecule has 2 amide bonds. The number of carbonyl (C=O) groups is 1. The van der Waals surface area contributed by atoms with Crippen LogP contribution in [0, 0.1) is 0 Å². The zero-order valence-corrected chi connectivity index (χ0v) is 11.5. The first-order chi connectivity index (χ1) is 8.30. The standard InChI is InChI=1S/C11H13ClN2O3S/c1-14(2)11(15)13-18(16,17)8-7-9-3-5-10(12)6-4-9/h3-8H,1-2H3,(H,13,15)/b8-7+. The van der Waals surface area contributed by atoms with Gasteiger partial charge in [-0.2, -0.15) is 0 Å². The van der Waals surface area contributed by atoms with Gasteiger partial charge in [0.25, 0.3) is 10.0 Å². The first-order valence-corrected chi connectivity index (χ1v) is 6.90. The second-order valence-electron chi connectivity index (χ2n) is 3.70. The van der Waals surface area contributed by atoms with Crippen molar-refractivity contribution >= 4 is 33.7 Å². The molecule has 0 spiro atoms. The predicted octanol–water partition coefficient (Wildman–Crippen LogP) is 1.91. The molecule has 1 N–H and O–H groups in total. The molecule has 7 heteroatoms. The van der Waals surface area contributed by atoms with Crippen LogP contribution >= 0.6 is 11.6 Å². The van der Waals surface area contributed by atoms with Gasteiger partial charge in [-0.1, -0.05) is 23.7 Å². The zero-order valence-electron chi connectivity index (χ0n) is 9.92. The third kappa shape index (κ3) is 4.77. The molecule has 0 saturated carbocycles. The van der Waals surface area contributed by atoms with E-state index in [9.17, 15) is 13.2 Å². The Balaban J connectivity index is 2.77. The fourth-order valence-electron chi connectivity index (χ4n) is 0.989. The third-order valence-corrected chi connectivity index (χ3v) is 3.15. The molecule has 0 saturated heterocycles. The maximum absolute atomic E-state index is 11.5. The minimum absolute atomic E-state index is 0.566. The molecule has 18 heavy (non-hydrogen) atoms. The number of hydrogen-bond acceptors (Lipinski definition) is 3. The topological polar surface area (TPSA) is 66.5 Å². The average molecular weight is 289 g/mol. The summed E-state index contributed by atoms with van der Waals surface area (Å²) in [6.45, 7) is 0. The van der Waals surface area contributed by atoms with E-state index in [4.69, 9.17) is 11.6 Å². The molecule has 0 fully saturated rings. The average Bonchev–Trinajstić information content (AvgIpc) is 2.27. The normalized spacial score (nSPS) is 11.5. The molecule has 0 unspecified atom stereocenters. The van der Waals surface area contributed by atoms with E-state index < -0.39 is 16.1 Å². The number of urea groups is 1. The van der Waals surface area contributed by atoms with Crippen molar-refractivity contribution in [2.45, 2.75) is 0 Å². The van der Waals surface area contributed by atoms with Gasteiger partial charge in [0.1, 0.15) is 0 Å². The molecule has 0 aliphatic rings. The van der Waals surface area contributed by atoms with Crippen LogP contribution < -0.4 is 4.72 Å². The number of rotatable bonds is 3. The van der Waals surface area contributed by atoms with Crippen LogP contribution in [-0.2, 0) is 10.0 Å². The number of nitrogens with one attached hydrogen (secondary N) is 1. The highest BCUT2D eigenvalue weighted by Crippen LogP contribution is 2.11. The second-order valence-corrected chi connectivity index (χ2v) is 5.70. The van der Waals surface area contributed by atoms with Crippen molar-refractivity contribution in [3.05, 3.63) is 40.3 Å². The fraction of sp³-hybridized carbons (Fsp3) is 0.182. The van der Waals surface area contributed by atoms with E-state index in [-0.39, 0.29) is 0 Å². The number of halogens is 1. The molecule has 0 aliphatic heterocycles. The Bertz CT molecular complexity index is 550. The Morgan fingerprint density at radius 2 is 1.83 bits per heavy atom. The molecule has 0 radical (unpaired) electrons. The summed E-state index contributed by atoms with van der Waals surface area (Å²) in [5.41, 5.74) is 0.669. The number of nitrogens with zero attached hydrogens (tertiary/aromatic N) is 1. The van der Waals surface area contributed by atoms with Gasteiger partial charge in [-0.15, -0.1) is 0 Å². The van der Waals surface area contributed by atoms with Crippen molar-refractivity contribution in [3.63, 3.8) is 0 Å². The van der Waals surface area contributed by atoms with Crippen LogP contribution in [0.2, 0.25) is 5.02 Å². The van der Waals surface area contributed by atoms with Gasteiger partial charge >= 0.3 is 6.03 Å². The van der Waals surface area contributed by atoms with Crippen molar-refractivity contribution in [2.75, 3.05) is 14.1 Å². The Morgan fingerprint density at radius 3 is 2.33 bits per heavy atom.